The second kappa shape index (κ2) is 7.85. The lowest BCUT2D eigenvalue weighted by Crippen LogP contribution is -2.44. The van der Waals surface area contributed by atoms with Gasteiger partial charge in [0, 0.05) is 43.9 Å². The third-order valence-electron chi connectivity index (χ3n) is 5.20. The van der Waals surface area contributed by atoms with Gasteiger partial charge in [-0.2, -0.15) is 5.26 Å². The van der Waals surface area contributed by atoms with Crippen molar-refractivity contribution in [2.24, 2.45) is 0 Å². The summed E-state index contributed by atoms with van der Waals surface area (Å²) in [7, 11) is 3.75. The van der Waals surface area contributed by atoms with Crippen LogP contribution in [0.2, 0.25) is 0 Å². The van der Waals surface area contributed by atoms with Crippen LogP contribution in [0.1, 0.15) is 34.8 Å². The minimum atomic E-state index is -0.499. The number of carbonyl (C=O) groups is 1. The van der Waals surface area contributed by atoms with Crippen molar-refractivity contribution in [2.75, 3.05) is 53.4 Å². The van der Waals surface area contributed by atoms with Crippen molar-refractivity contribution in [2.45, 2.75) is 18.9 Å². The lowest BCUT2D eigenvalue weighted by Gasteiger charge is -2.32. The molecule has 0 spiro atoms. The van der Waals surface area contributed by atoms with Gasteiger partial charge in [-0.05, 0) is 44.6 Å². The normalized spacial score (nSPS) is 21.2. The van der Waals surface area contributed by atoms with Crippen molar-refractivity contribution in [3.05, 3.63) is 29.3 Å². The number of methoxy groups -OCH3 is 1. The number of amides is 1. The molecule has 1 amide bonds. The first-order valence-corrected chi connectivity index (χ1v) is 8.93. The highest BCUT2D eigenvalue weighted by atomic mass is 16.5. The summed E-state index contributed by atoms with van der Waals surface area (Å²) in [5.74, 6) is 0.646. The van der Waals surface area contributed by atoms with Crippen LogP contribution in [0.3, 0.4) is 0 Å². The molecule has 1 fully saturated rings. The molecule has 6 heteroatoms. The minimum absolute atomic E-state index is 0.0381. The summed E-state index contributed by atoms with van der Waals surface area (Å²) in [6, 6.07) is 7.14. The van der Waals surface area contributed by atoms with Crippen molar-refractivity contribution in [1.29, 1.82) is 5.26 Å². The Kier molecular flexibility index (Phi) is 5.57. The molecule has 2 heterocycles. The van der Waals surface area contributed by atoms with Crippen molar-refractivity contribution in [3.63, 3.8) is 0 Å². The van der Waals surface area contributed by atoms with Gasteiger partial charge in [0.15, 0.2) is 0 Å². The molecule has 2 aliphatic heterocycles. The number of likely N-dealkylation sites (N-methyl/N-ethyl adjacent to an activating group) is 1. The Morgan fingerprint density at radius 3 is 2.60 bits per heavy atom. The molecule has 0 aliphatic carbocycles. The Hall–Kier alpha value is -2.10. The molecule has 134 valence electrons. The second-order valence-corrected chi connectivity index (χ2v) is 6.84. The van der Waals surface area contributed by atoms with Crippen molar-refractivity contribution >= 4 is 5.91 Å². The van der Waals surface area contributed by atoms with Gasteiger partial charge >= 0.3 is 0 Å². The number of benzene rings is 1. The first-order chi connectivity index (χ1) is 12.1. The zero-order valence-corrected chi connectivity index (χ0v) is 15.1. The van der Waals surface area contributed by atoms with Crippen LogP contribution >= 0.6 is 0 Å². The summed E-state index contributed by atoms with van der Waals surface area (Å²) < 4.78 is 5.23. The van der Waals surface area contributed by atoms with E-state index < -0.39 is 6.04 Å². The molecule has 2 aliphatic rings. The number of hydrogen-bond acceptors (Lipinski definition) is 5. The standard InChI is InChI=1S/C19H26N4O2/c1-21-9-11-22(12-10-21)7-3-4-8-23-18(14-20)17-13-15(25-2)5-6-16(17)19(23)24/h5-6,13,18H,3-4,7-12H2,1-2H3. The molecule has 6 nitrogen and oxygen atoms in total. The summed E-state index contributed by atoms with van der Waals surface area (Å²) in [4.78, 5) is 19.1. The van der Waals surface area contributed by atoms with Gasteiger partial charge in [0.1, 0.15) is 11.8 Å². The summed E-state index contributed by atoms with van der Waals surface area (Å²) >= 11 is 0. The number of nitrogens with zero attached hydrogens (tertiary/aromatic N) is 4. The first kappa shape index (κ1) is 17.7. The van der Waals surface area contributed by atoms with E-state index in [1.807, 2.05) is 6.07 Å². The molecule has 0 radical (unpaired) electrons. The van der Waals surface area contributed by atoms with E-state index in [1.165, 1.54) is 0 Å². The number of fused-ring (bicyclic) bond motifs is 1. The molecule has 0 aromatic heterocycles. The molecule has 0 N–H and O–H groups in total. The molecule has 1 atom stereocenters. The molecular weight excluding hydrogens is 316 g/mol. The molecule has 25 heavy (non-hydrogen) atoms. The van der Waals surface area contributed by atoms with E-state index in [0.717, 1.165) is 51.1 Å². The van der Waals surface area contributed by atoms with E-state index in [2.05, 4.69) is 22.9 Å². The van der Waals surface area contributed by atoms with Crippen LogP contribution < -0.4 is 4.74 Å². The number of unbranched alkanes of at least 4 members (excludes halogenated alkanes) is 1. The van der Waals surface area contributed by atoms with Crippen LogP contribution in [0.25, 0.3) is 0 Å². The highest BCUT2D eigenvalue weighted by Gasteiger charge is 2.36. The Morgan fingerprint density at radius 2 is 1.92 bits per heavy atom. The van der Waals surface area contributed by atoms with E-state index in [1.54, 1.807) is 24.1 Å². The van der Waals surface area contributed by atoms with Gasteiger partial charge in [-0.1, -0.05) is 0 Å². The number of ether oxygens (including phenoxy) is 1. The smallest absolute Gasteiger partial charge is 0.255 e. The van der Waals surface area contributed by atoms with Crippen molar-refractivity contribution in [3.8, 4) is 11.8 Å². The fourth-order valence-electron chi connectivity index (χ4n) is 3.59. The summed E-state index contributed by atoms with van der Waals surface area (Å²) in [5.41, 5.74) is 1.40. The van der Waals surface area contributed by atoms with E-state index in [4.69, 9.17) is 4.74 Å². The Balaban J connectivity index is 1.54. The van der Waals surface area contributed by atoms with E-state index in [0.29, 0.717) is 17.9 Å². The third kappa shape index (κ3) is 3.78. The number of rotatable bonds is 6. The molecule has 0 bridgehead atoms. The third-order valence-corrected chi connectivity index (χ3v) is 5.20. The topological polar surface area (TPSA) is 59.8 Å². The van der Waals surface area contributed by atoms with Gasteiger partial charge in [-0.3, -0.25) is 4.79 Å². The predicted molar refractivity (Wildman–Crippen MR) is 95.6 cm³/mol. The first-order valence-electron chi connectivity index (χ1n) is 8.93. The molecule has 1 aromatic carbocycles. The Bertz CT molecular complexity index is 662. The molecule has 1 saturated heterocycles. The van der Waals surface area contributed by atoms with Gasteiger partial charge in [0.25, 0.3) is 5.91 Å². The van der Waals surface area contributed by atoms with Crippen molar-refractivity contribution in [1.82, 2.24) is 14.7 Å². The number of piperazine rings is 1. The molecular formula is C19H26N4O2. The minimum Gasteiger partial charge on any atom is -0.497 e. The van der Waals surface area contributed by atoms with E-state index >= 15 is 0 Å². The summed E-state index contributed by atoms with van der Waals surface area (Å²) in [6.07, 6.45) is 1.96. The van der Waals surface area contributed by atoms with E-state index in [9.17, 15) is 10.1 Å². The van der Waals surface area contributed by atoms with Gasteiger partial charge in [-0.25, -0.2) is 0 Å². The van der Waals surface area contributed by atoms with Crippen LogP contribution in [-0.4, -0.2) is 74.0 Å². The average Bonchev–Trinajstić information content (AvgIpc) is 2.91. The lowest BCUT2D eigenvalue weighted by atomic mass is 10.1. The molecule has 1 unspecified atom stereocenters. The maximum atomic E-state index is 12.6. The van der Waals surface area contributed by atoms with Crippen molar-refractivity contribution < 1.29 is 9.53 Å². The maximum absolute atomic E-state index is 12.6. The number of nitriles is 1. The number of carbonyl (C=O) groups excluding carboxylic acids is 1. The van der Waals surface area contributed by atoms with Crippen LogP contribution in [-0.2, 0) is 0 Å². The summed E-state index contributed by atoms with van der Waals surface area (Å²) in [6.45, 7) is 6.17. The van der Waals surface area contributed by atoms with Gasteiger partial charge < -0.3 is 19.4 Å². The summed E-state index contributed by atoms with van der Waals surface area (Å²) in [5, 5.41) is 9.55. The van der Waals surface area contributed by atoms with Gasteiger partial charge in [0.05, 0.1) is 13.2 Å². The SMILES string of the molecule is COc1ccc2c(c1)C(C#N)N(CCCCN1CCN(C)CC1)C2=O. The Morgan fingerprint density at radius 1 is 1.20 bits per heavy atom. The predicted octanol–water partition coefficient (Wildman–Crippen LogP) is 1.74. The van der Waals surface area contributed by atoms with Crippen LogP contribution in [0, 0.1) is 11.3 Å². The lowest BCUT2D eigenvalue weighted by molar-refractivity contribution is 0.0751. The zero-order chi connectivity index (χ0) is 17.8. The zero-order valence-electron chi connectivity index (χ0n) is 15.1. The average molecular weight is 342 g/mol. The second-order valence-electron chi connectivity index (χ2n) is 6.84. The van der Waals surface area contributed by atoms with Gasteiger partial charge in [-0.15, -0.1) is 0 Å². The van der Waals surface area contributed by atoms with Crippen LogP contribution in [0.4, 0.5) is 0 Å². The molecule has 3 rings (SSSR count). The highest BCUT2D eigenvalue weighted by molar-refractivity contribution is 5.99. The maximum Gasteiger partial charge on any atom is 0.255 e. The quantitative estimate of drug-likeness (QED) is 0.737. The highest BCUT2D eigenvalue weighted by Crippen LogP contribution is 2.35. The van der Waals surface area contributed by atoms with Gasteiger partial charge in [0.2, 0.25) is 0 Å². The van der Waals surface area contributed by atoms with Crippen LogP contribution in [0.5, 0.6) is 5.75 Å². The monoisotopic (exact) mass is 342 g/mol. The fourth-order valence-corrected chi connectivity index (χ4v) is 3.59. The molecule has 0 saturated carbocycles. The van der Waals surface area contributed by atoms with E-state index in [-0.39, 0.29) is 5.91 Å². The number of hydrogen-bond donors (Lipinski definition) is 0. The van der Waals surface area contributed by atoms with Crippen LogP contribution in [0.15, 0.2) is 18.2 Å². The fraction of sp³-hybridized carbons (Fsp3) is 0.579. The molecule has 1 aromatic rings. The largest absolute Gasteiger partial charge is 0.497 e. The Labute approximate surface area is 149 Å².